The molecule has 0 atom stereocenters. The third kappa shape index (κ3) is 6.30. The summed E-state index contributed by atoms with van der Waals surface area (Å²) in [7, 11) is 3.44. The van der Waals surface area contributed by atoms with E-state index in [1.165, 1.54) is 11.1 Å². The van der Waals surface area contributed by atoms with E-state index >= 15 is 0 Å². The Balaban J connectivity index is 1.75. The molecule has 0 fully saturated rings. The van der Waals surface area contributed by atoms with Gasteiger partial charge in [0.05, 0.1) is 6.61 Å². The zero-order chi connectivity index (χ0) is 16.3. The molecular weight excluding hydrogens is 310 g/mol. The lowest BCUT2D eigenvalue weighted by Crippen LogP contribution is -2.36. The standard InChI is InChI=1S/C17H23N3O2S/c1-18-17(20-12-15-7-10-23-13-15)19-11-14-3-5-16(6-4-14)22-9-8-21-2/h3-7,10,13H,8-9,11-12H2,1-2H3,(H2,18,19,20). The summed E-state index contributed by atoms with van der Waals surface area (Å²) in [6.07, 6.45) is 0. The van der Waals surface area contributed by atoms with Gasteiger partial charge in [-0.15, -0.1) is 0 Å². The van der Waals surface area contributed by atoms with Gasteiger partial charge >= 0.3 is 0 Å². The van der Waals surface area contributed by atoms with Crippen molar-refractivity contribution in [2.75, 3.05) is 27.4 Å². The maximum atomic E-state index is 5.55. The van der Waals surface area contributed by atoms with Crippen LogP contribution in [0.4, 0.5) is 0 Å². The van der Waals surface area contributed by atoms with Crippen LogP contribution in [0.15, 0.2) is 46.1 Å². The van der Waals surface area contributed by atoms with Crippen LogP contribution in [0.1, 0.15) is 11.1 Å². The second kappa shape index (κ2) is 9.86. The molecule has 23 heavy (non-hydrogen) atoms. The van der Waals surface area contributed by atoms with Crippen molar-refractivity contribution < 1.29 is 9.47 Å². The summed E-state index contributed by atoms with van der Waals surface area (Å²) in [5.41, 5.74) is 2.43. The number of nitrogens with zero attached hydrogens (tertiary/aromatic N) is 1. The van der Waals surface area contributed by atoms with Gasteiger partial charge in [0.25, 0.3) is 0 Å². The minimum Gasteiger partial charge on any atom is -0.491 e. The van der Waals surface area contributed by atoms with Crippen molar-refractivity contribution in [3.8, 4) is 5.75 Å². The van der Waals surface area contributed by atoms with Gasteiger partial charge in [0.2, 0.25) is 0 Å². The maximum absolute atomic E-state index is 5.55. The first-order valence-corrected chi connectivity index (χ1v) is 8.42. The summed E-state index contributed by atoms with van der Waals surface area (Å²) < 4.78 is 10.5. The van der Waals surface area contributed by atoms with Gasteiger partial charge < -0.3 is 20.1 Å². The Hall–Kier alpha value is -2.05. The molecule has 0 aliphatic heterocycles. The molecule has 2 aromatic rings. The van der Waals surface area contributed by atoms with Crippen molar-refractivity contribution in [1.29, 1.82) is 0 Å². The molecule has 2 N–H and O–H groups in total. The van der Waals surface area contributed by atoms with Crippen LogP contribution in [-0.4, -0.2) is 33.3 Å². The molecule has 0 bridgehead atoms. The molecule has 1 heterocycles. The number of ether oxygens (including phenoxy) is 2. The van der Waals surface area contributed by atoms with Gasteiger partial charge in [0.15, 0.2) is 5.96 Å². The highest BCUT2D eigenvalue weighted by Crippen LogP contribution is 2.12. The zero-order valence-corrected chi connectivity index (χ0v) is 14.4. The topological polar surface area (TPSA) is 54.9 Å². The molecule has 124 valence electrons. The average Bonchev–Trinajstić information content (AvgIpc) is 3.10. The number of nitrogens with one attached hydrogen (secondary N) is 2. The Kier molecular flexibility index (Phi) is 7.42. The Morgan fingerprint density at radius 2 is 1.78 bits per heavy atom. The molecule has 0 spiro atoms. The molecule has 0 aliphatic carbocycles. The van der Waals surface area contributed by atoms with Crippen molar-refractivity contribution in [3.63, 3.8) is 0 Å². The van der Waals surface area contributed by atoms with Crippen LogP contribution in [0, 0.1) is 0 Å². The van der Waals surface area contributed by atoms with Crippen LogP contribution >= 0.6 is 11.3 Å². The molecule has 0 unspecified atom stereocenters. The Morgan fingerprint density at radius 3 is 2.39 bits per heavy atom. The highest BCUT2D eigenvalue weighted by molar-refractivity contribution is 7.07. The van der Waals surface area contributed by atoms with Gasteiger partial charge in [-0.2, -0.15) is 11.3 Å². The van der Waals surface area contributed by atoms with E-state index in [0.717, 1.165) is 18.3 Å². The van der Waals surface area contributed by atoms with Crippen molar-refractivity contribution in [2.45, 2.75) is 13.1 Å². The summed E-state index contributed by atoms with van der Waals surface area (Å²) in [4.78, 5) is 4.23. The second-order valence-electron chi connectivity index (χ2n) is 4.90. The number of hydrogen-bond donors (Lipinski definition) is 2. The number of thiophene rings is 1. The van der Waals surface area contributed by atoms with Crippen LogP contribution in [0.5, 0.6) is 5.75 Å². The summed E-state index contributed by atoms with van der Waals surface area (Å²) in [5.74, 6) is 1.64. The molecule has 1 aromatic heterocycles. The molecule has 0 radical (unpaired) electrons. The molecule has 1 aromatic carbocycles. The van der Waals surface area contributed by atoms with Crippen molar-refractivity contribution in [3.05, 3.63) is 52.2 Å². The maximum Gasteiger partial charge on any atom is 0.191 e. The van der Waals surface area contributed by atoms with Gasteiger partial charge in [-0.25, -0.2) is 0 Å². The lowest BCUT2D eigenvalue weighted by molar-refractivity contribution is 0.146. The van der Waals surface area contributed by atoms with E-state index in [0.29, 0.717) is 19.8 Å². The van der Waals surface area contributed by atoms with Gasteiger partial charge in [-0.3, -0.25) is 4.99 Å². The number of rotatable bonds is 8. The van der Waals surface area contributed by atoms with Gasteiger partial charge in [-0.1, -0.05) is 12.1 Å². The van der Waals surface area contributed by atoms with E-state index in [2.05, 4.69) is 32.5 Å². The molecular formula is C17H23N3O2S. The third-order valence-corrected chi connectivity index (χ3v) is 3.94. The van der Waals surface area contributed by atoms with E-state index in [1.807, 2.05) is 24.3 Å². The predicted octanol–water partition coefficient (Wildman–Crippen LogP) is 2.64. The Morgan fingerprint density at radius 1 is 1.04 bits per heavy atom. The van der Waals surface area contributed by atoms with Crippen molar-refractivity contribution >= 4 is 17.3 Å². The zero-order valence-electron chi connectivity index (χ0n) is 13.5. The first-order valence-electron chi connectivity index (χ1n) is 7.48. The molecule has 5 nitrogen and oxygen atoms in total. The van der Waals surface area contributed by atoms with E-state index < -0.39 is 0 Å². The van der Waals surface area contributed by atoms with Crippen LogP contribution < -0.4 is 15.4 Å². The number of benzene rings is 1. The molecule has 0 amide bonds. The minimum absolute atomic E-state index is 0.563. The summed E-state index contributed by atoms with van der Waals surface area (Å²) in [5, 5.41) is 10.8. The SMILES string of the molecule is CN=C(NCc1ccc(OCCOC)cc1)NCc1ccsc1. The van der Waals surface area contributed by atoms with Crippen LogP contribution in [0.2, 0.25) is 0 Å². The van der Waals surface area contributed by atoms with E-state index in [9.17, 15) is 0 Å². The lowest BCUT2D eigenvalue weighted by Gasteiger charge is -2.12. The second-order valence-corrected chi connectivity index (χ2v) is 5.68. The van der Waals surface area contributed by atoms with Gasteiger partial charge in [-0.05, 0) is 40.1 Å². The third-order valence-electron chi connectivity index (χ3n) is 3.20. The van der Waals surface area contributed by atoms with E-state index in [4.69, 9.17) is 9.47 Å². The lowest BCUT2D eigenvalue weighted by atomic mass is 10.2. The summed E-state index contributed by atoms with van der Waals surface area (Å²) in [6, 6.07) is 10.1. The fourth-order valence-electron chi connectivity index (χ4n) is 1.93. The summed E-state index contributed by atoms with van der Waals surface area (Å²) in [6.45, 7) is 2.64. The normalized spacial score (nSPS) is 11.3. The number of hydrogen-bond acceptors (Lipinski definition) is 4. The quantitative estimate of drug-likeness (QED) is 0.443. The number of guanidine groups is 1. The predicted molar refractivity (Wildman–Crippen MR) is 95.2 cm³/mol. The van der Waals surface area contributed by atoms with Gasteiger partial charge in [0, 0.05) is 27.2 Å². The van der Waals surface area contributed by atoms with E-state index in [-0.39, 0.29) is 0 Å². The number of aliphatic imine (C=N–C) groups is 1. The summed E-state index contributed by atoms with van der Waals surface area (Å²) >= 11 is 1.70. The van der Waals surface area contributed by atoms with Crippen molar-refractivity contribution in [2.24, 2.45) is 4.99 Å². The molecule has 0 aliphatic rings. The first kappa shape index (κ1) is 17.3. The smallest absolute Gasteiger partial charge is 0.191 e. The highest BCUT2D eigenvalue weighted by atomic mass is 32.1. The first-order chi connectivity index (χ1) is 11.3. The molecule has 0 saturated carbocycles. The van der Waals surface area contributed by atoms with Gasteiger partial charge in [0.1, 0.15) is 12.4 Å². The largest absolute Gasteiger partial charge is 0.491 e. The molecule has 2 rings (SSSR count). The minimum atomic E-state index is 0.563. The van der Waals surface area contributed by atoms with Crippen LogP contribution in [0.3, 0.4) is 0 Å². The fraction of sp³-hybridized carbons (Fsp3) is 0.353. The molecule has 0 saturated heterocycles. The monoisotopic (exact) mass is 333 g/mol. The Bertz CT molecular complexity index is 582. The Labute approximate surface area is 141 Å². The fourth-order valence-corrected chi connectivity index (χ4v) is 2.60. The average molecular weight is 333 g/mol. The van der Waals surface area contributed by atoms with Crippen LogP contribution in [0.25, 0.3) is 0 Å². The van der Waals surface area contributed by atoms with Crippen molar-refractivity contribution in [1.82, 2.24) is 10.6 Å². The molecule has 6 heteroatoms. The van der Waals surface area contributed by atoms with E-state index in [1.54, 1.807) is 25.5 Å². The number of methoxy groups -OCH3 is 1. The van der Waals surface area contributed by atoms with Crippen LogP contribution in [-0.2, 0) is 17.8 Å². The highest BCUT2D eigenvalue weighted by Gasteiger charge is 2.00.